The van der Waals surface area contributed by atoms with E-state index in [0.717, 1.165) is 5.57 Å². The fourth-order valence-electron chi connectivity index (χ4n) is 4.39. The SMILES string of the molecule is COC(=O)CC/C(C)=C/Cc1c(OC)c(C)c2c(c1OC(=O)CCCCC(=O)OC(COC(C)=O)COC(C)=O)C(=O)OC2. The minimum atomic E-state index is -0.963. The number of ether oxygens (including phenoxy) is 7. The minimum Gasteiger partial charge on any atom is -0.496 e. The van der Waals surface area contributed by atoms with Crippen molar-refractivity contribution in [3.05, 3.63) is 33.9 Å². The first kappa shape index (κ1) is 35.8. The number of benzene rings is 1. The van der Waals surface area contributed by atoms with Crippen LogP contribution in [0.1, 0.15) is 86.3 Å². The van der Waals surface area contributed by atoms with E-state index >= 15 is 0 Å². The van der Waals surface area contributed by atoms with Gasteiger partial charge in [-0.1, -0.05) is 11.6 Å². The molecule has 44 heavy (non-hydrogen) atoms. The molecule has 0 radical (unpaired) electrons. The Hall–Kier alpha value is -4.42. The minimum absolute atomic E-state index is 0.0210. The number of cyclic esters (lactones) is 1. The molecule has 0 atom stereocenters. The van der Waals surface area contributed by atoms with E-state index in [4.69, 9.17) is 33.2 Å². The van der Waals surface area contributed by atoms with Crippen LogP contribution in [0.15, 0.2) is 11.6 Å². The number of carbonyl (C=O) groups is 6. The molecule has 0 spiro atoms. The molecule has 0 amide bonds. The summed E-state index contributed by atoms with van der Waals surface area (Å²) < 4.78 is 36.3. The third-order valence-corrected chi connectivity index (χ3v) is 6.70. The van der Waals surface area contributed by atoms with Gasteiger partial charge in [0, 0.05) is 44.2 Å². The highest BCUT2D eigenvalue weighted by atomic mass is 16.6. The fraction of sp³-hybridized carbons (Fsp3) is 0.548. The van der Waals surface area contributed by atoms with Crippen LogP contribution in [0, 0.1) is 6.92 Å². The smallest absolute Gasteiger partial charge is 0.342 e. The Kier molecular flexibility index (Phi) is 14.3. The topological polar surface area (TPSA) is 167 Å². The molecule has 1 aliphatic heterocycles. The number of unbranched alkanes of at least 4 members (excludes halogenated alkanes) is 1. The van der Waals surface area contributed by atoms with Crippen molar-refractivity contribution in [2.45, 2.75) is 85.4 Å². The highest BCUT2D eigenvalue weighted by Crippen LogP contribution is 2.43. The van der Waals surface area contributed by atoms with Crippen molar-refractivity contribution < 1.29 is 61.9 Å². The summed E-state index contributed by atoms with van der Waals surface area (Å²) in [7, 11) is 2.81. The maximum absolute atomic E-state index is 12.9. The fourth-order valence-corrected chi connectivity index (χ4v) is 4.39. The van der Waals surface area contributed by atoms with Gasteiger partial charge in [0.15, 0.2) is 11.9 Å². The number of hydrogen-bond acceptors (Lipinski definition) is 13. The predicted octanol–water partition coefficient (Wildman–Crippen LogP) is 3.62. The monoisotopic (exact) mass is 620 g/mol. The molecule has 1 aliphatic rings. The van der Waals surface area contributed by atoms with Gasteiger partial charge in [-0.25, -0.2) is 4.79 Å². The van der Waals surface area contributed by atoms with Crippen LogP contribution in [0.2, 0.25) is 0 Å². The quantitative estimate of drug-likeness (QED) is 0.0815. The van der Waals surface area contributed by atoms with Crippen LogP contribution in [0.25, 0.3) is 0 Å². The zero-order chi connectivity index (χ0) is 32.8. The van der Waals surface area contributed by atoms with Gasteiger partial charge in [0.05, 0.1) is 14.2 Å². The Balaban J connectivity index is 2.09. The maximum atomic E-state index is 12.9. The normalized spacial score (nSPS) is 12.2. The largest absolute Gasteiger partial charge is 0.496 e. The van der Waals surface area contributed by atoms with Gasteiger partial charge in [-0.15, -0.1) is 0 Å². The average Bonchev–Trinajstić information content (AvgIpc) is 3.37. The molecule has 2 rings (SSSR count). The van der Waals surface area contributed by atoms with Crippen LogP contribution in [-0.4, -0.2) is 69.4 Å². The van der Waals surface area contributed by atoms with Gasteiger partial charge >= 0.3 is 35.8 Å². The molecular weight excluding hydrogens is 580 g/mol. The molecule has 0 N–H and O–H groups in total. The van der Waals surface area contributed by atoms with E-state index in [9.17, 15) is 28.8 Å². The van der Waals surface area contributed by atoms with Crippen LogP contribution in [-0.2, 0) is 60.7 Å². The highest BCUT2D eigenvalue weighted by molar-refractivity contribution is 5.99. The summed E-state index contributed by atoms with van der Waals surface area (Å²) >= 11 is 0. The number of methoxy groups -OCH3 is 2. The summed E-state index contributed by atoms with van der Waals surface area (Å²) in [5.41, 5.74) is 2.82. The van der Waals surface area contributed by atoms with Crippen molar-refractivity contribution in [3.8, 4) is 11.5 Å². The molecule has 0 saturated heterocycles. The third kappa shape index (κ3) is 11.0. The van der Waals surface area contributed by atoms with Gasteiger partial charge in [-0.05, 0) is 45.1 Å². The summed E-state index contributed by atoms with van der Waals surface area (Å²) in [5, 5.41) is 0. The van der Waals surface area contributed by atoms with Crippen LogP contribution in [0.5, 0.6) is 11.5 Å². The van der Waals surface area contributed by atoms with Crippen LogP contribution in [0.3, 0.4) is 0 Å². The lowest BCUT2D eigenvalue weighted by Gasteiger charge is -2.19. The van der Waals surface area contributed by atoms with Crippen molar-refractivity contribution in [1.29, 1.82) is 0 Å². The van der Waals surface area contributed by atoms with E-state index in [0.29, 0.717) is 28.9 Å². The first-order valence-corrected chi connectivity index (χ1v) is 14.2. The third-order valence-electron chi connectivity index (χ3n) is 6.70. The summed E-state index contributed by atoms with van der Waals surface area (Å²) in [4.78, 5) is 71.6. The van der Waals surface area contributed by atoms with Gasteiger partial charge < -0.3 is 33.2 Å². The molecule has 0 fully saturated rings. The highest BCUT2D eigenvalue weighted by Gasteiger charge is 2.34. The Morgan fingerprint density at radius 2 is 1.45 bits per heavy atom. The molecule has 0 aromatic heterocycles. The number of rotatable bonds is 17. The Bertz CT molecular complexity index is 1260. The van der Waals surface area contributed by atoms with Crippen molar-refractivity contribution >= 4 is 35.8 Å². The number of hydrogen-bond donors (Lipinski definition) is 0. The molecule has 13 nitrogen and oxygen atoms in total. The van der Waals surface area contributed by atoms with Gasteiger partial charge in [-0.3, -0.25) is 24.0 Å². The van der Waals surface area contributed by atoms with Gasteiger partial charge in [0.2, 0.25) is 0 Å². The zero-order valence-electron chi connectivity index (χ0n) is 26.0. The molecule has 0 unspecified atom stereocenters. The summed E-state index contributed by atoms with van der Waals surface area (Å²) in [6, 6.07) is 0. The van der Waals surface area contributed by atoms with E-state index in [2.05, 4.69) is 0 Å². The number of carbonyl (C=O) groups excluding carboxylic acids is 6. The van der Waals surface area contributed by atoms with Crippen LogP contribution >= 0.6 is 0 Å². The summed E-state index contributed by atoms with van der Waals surface area (Å²) in [6.07, 6.45) is 2.26. The first-order chi connectivity index (χ1) is 20.9. The number of fused-ring (bicyclic) bond motifs is 1. The molecule has 1 aromatic carbocycles. The van der Waals surface area contributed by atoms with Crippen LogP contribution < -0.4 is 9.47 Å². The first-order valence-electron chi connectivity index (χ1n) is 14.2. The van der Waals surface area contributed by atoms with E-state index in [1.54, 1.807) is 6.92 Å². The number of esters is 6. The second-order valence-corrected chi connectivity index (χ2v) is 10.1. The molecule has 0 aliphatic carbocycles. The maximum Gasteiger partial charge on any atom is 0.342 e. The molecule has 0 saturated carbocycles. The van der Waals surface area contributed by atoms with Crippen molar-refractivity contribution in [2.75, 3.05) is 27.4 Å². The lowest BCUT2D eigenvalue weighted by atomic mass is 9.94. The van der Waals surface area contributed by atoms with E-state index in [1.807, 2.05) is 13.0 Å². The molecular formula is C31H40O13. The molecule has 242 valence electrons. The van der Waals surface area contributed by atoms with Crippen LogP contribution in [0.4, 0.5) is 0 Å². The molecule has 0 bridgehead atoms. The van der Waals surface area contributed by atoms with Crippen molar-refractivity contribution in [3.63, 3.8) is 0 Å². The zero-order valence-corrected chi connectivity index (χ0v) is 26.0. The van der Waals surface area contributed by atoms with Gasteiger partial charge in [0.1, 0.15) is 31.1 Å². The Morgan fingerprint density at radius 3 is 2.02 bits per heavy atom. The Labute approximate surface area is 256 Å². The Morgan fingerprint density at radius 1 is 0.841 bits per heavy atom. The lowest BCUT2D eigenvalue weighted by Crippen LogP contribution is -2.30. The summed E-state index contributed by atoms with van der Waals surface area (Å²) in [6.45, 7) is 5.53. The molecule has 1 aromatic rings. The van der Waals surface area contributed by atoms with E-state index in [-0.39, 0.29) is 75.6 Å². The molecule has 1 heterocycles. The van der Waals surface area contributed by atoms with Gasteiger partial charge in [-0.2, -0.15) is 0 Å². The van der Waals surface area contributed by atoms with Crippen molar-refractivity contribution in [1.82, 2.24) is 0 Å². The van der Waals surface area contributed by atoms with Gasteiger partial charge in [0.25, 0.3) is 0 Å². The van der Waals surface area contributed by atoms with E-state index in [1.165, 1.54) is 28.1 Å². The standard InChI is InChI=1S/C31H40O13/c1-18(12-14-25(34)38-5)11-13-23-29(39-6)19(2)24-17-42-31(37)28(24)30(23)44-27(36)10-8-7-9-26(35)43-22(15-40-20(3)32)16-41-21(4)33/h11,22H,7-10,12-17H2,1-6H3/b18-11+. The predicted molar refractivity (Wildman–Crippen MR) is 153 cm³/mol. The number of allylic oxidation sites excluding steroid dienone is 2. The molecule has 13 heteroatoms. The summed E-state index contributed by atoms with van der Waals surface area (Å²) in [5.74, 6) is -2.83. The van der Waals surface area contributed by atoms with Crippen molar-refractivity contribution in [2.24, 2.45) is 0 Å². The van der Waals surface area contributed by atoms with E-state index < -0.39 is 36.0 Å². The average molecular weight is 621 g/mol. The second kappa shape index (κ2) is 17.6. The second-order valence-electron chi connectivity index (χ2n) is 10.1. The lowest BCUT2D eigenvalue weighted by molar-refractivity contribution is -0.165.